The van der Waals surface area contributed by atoms with Crippen molar-refractivity contribution in [3.63, 3.8) is 0 Å². The van der Waals surface area contributed by atoms with E-state index in [0.717, 1.165) is 18.7 Å². The van der Waals surface area contributed by atoms with Gasteiger partial charge in [0.05, 0.1) is 24.0 Å². The van der Waals surface area contributed by atoms with E-state index in [1.807, 2.05) is 11.7 Å². The molecule has 4 heteroatoms. The van der Waals surface area contributed by atoms with Crippen LogP contribution < -0.4 is 5.48 Å². The van der Waals surface area contributed by atoms with Crippen LogP contribution in [0.4, 0.5) is 0 Å². The molecule has 0 spiro atoms. The van der Waals surface area contributed by atoms with E-state index < -0.39 is 0 Å². The smallest absolute Gasteiger partial charge is 0.0790 e. The van der Waals surface area contributed by atoms with E-state index in [9.17, 15) is 0 Å². The van der Waals surface area contributed by atoms with Crippen molar-refractivity contribution in [3.05, 3.63) is 17.5 Å². The van der Waals surface area contributed by atoms with Gasteiger partial charge < -0.3 is 0 Å². The van der Waals surface area contributed by atoms with Crippen molar-refractivity contribution in [3.8, 4) is 0 Å². The Hall–Kier alpha value is -0.870. The van der Waals surface area contributed by atoms with Gasteiger partial charge in [0.25, 0.3) is 0 Å². The molecule has 1 saturated carbocycles. The second kappa shape index (κ2) is 5.46. The van der Waals surface area contributed by atoms with E-state index in [1.54, 1.807) is 0 Å². The monoisotopic (exact) mass is 223 g/mol. The lowest BCUT2D eigenvalue weighted by Gasteiger charge is -2.11. The molecule has 0 unspecified atom stereocenters. The number of hydrogen-bond donors (Lipinski definition) is 1. The fourth-order valence-electron chi connectivity index (χ4n) is 2.15. The van der Waals surface area contributed by atoms with Crippen LogP contribution in [0.15, 0.2) is 6.07 Å². The Kier molecular flexibility index (Phi) is 3.96. The van der Waals surface area contributed by atoms with E-state index in [-0.39, 0.29) is 0 Å². The Morgan fingerprint density at radius 2 is 2.25 bits per heavy atom. The Morgan fingerprint density at radius 1 is 1.50 bits per heavy atom. The third-order valence-electron chi connectivity index (χ3n) is 3.20. The second-order valence-electron chi connectivity index (χ2n) is 4.45. The number of hydrogen-bond acceptors (Lipinski definition) is 3. The average Bonchev–Trinajstić information content (AvgIpc) is 2.89. The molecular weight excluding hydrogens is 202 g/mol. The van der Waals surface area contributed by atoms with Crippen LogP contribution in [-0.4, -0.2) is 15.9 Å². The SMILES string of the molecule is CCc1cc(CNOC2CCCC2)n(C)n1. The first-order valence-corrected chi connectivity index (χ1v) is 6.20. The van der Waals surface area contributed by atoms with Gasteiger partial charge in [-0.05, 0) is 25.3 Å². The maximum Gasteiger partial charge on any atom is 0.0790 e. The highest BCUT2D eigenvalue weighted by molar-refractivity contribution is 5.09. The van der Waals surface area contributed by atoms with Crippen LogP contribution >= 0.6 is 0 Å². The van der Waals surface area contributed by atoms with Crippen molar-refractivity contribution in [2.75, 3.05) is 0 Å². The molecule has 1 fully saturated rings. The zero-order chi connectivity index (χ0) is 11.4. The largest absolute Gasteiger partial charge is 0.298 e. The van der Waals surface area contributed by atoms with E-state index >= 15 is 0 Å². The predicted molar refractivity (Wildman–Crippen MR) is 62.8 cm³/mol. The minimum Gasteiger partial charge on any atom is -0.298 e. The molecule has 2 rings (SSSR count). The highest BCUT2D eigenvalue weighted by Gasteiger charge is 2.15. The van der Waals surface area contributed by atoms with Gasteiger partial charge in [-0.3, -0.25) is 9.52 Å². The summed E-state index contributed by atoms with van der Waals surface area (Å²) in [6.45, 7) is 2.86. The minimum atomic E-state index is 0.416. The van der Waals surface area contributed by atoms with Crippen LogP contribution in [0.3, 0.4) is 0 Å². The summed E-state index contributed by atoms with van der Waals surface area (Å²) >= 11 is 0. The topological polar surface area (TPSA) is 39.1 Å². The van der Waals surface area contributed by atoms with Crippen molar-refractivity contribution in [1.29, 1.82) is 0 Å². The Bertz CT molecular complexity index is 329. The van der Waals surface area contributed by atoms with Gasteiger partial charge in [0.15, 0.2) is 0 Å². The standard InChI is InChI=1S/C12H21N3O/c1-3-10-8-11(15(2)14-10)9-13-16-12-6-4-5-7-12/h8,12-13H,3-7,9H2,1-2H3. The van der Waals surface area contributed by atoms with Gasteiger partial charge in [0.2, 0.25) is 0 Å². The Labute approximate surface area is 96.9 Å². The number of hydroxylamine groups is 1. The summed E-state index contributed by atoms with van der Waals surface area (Å²) in [5.41, 5.74) is 5.38. The quantitative estimate of drug-likeness (QED) is 0.775. The molecule has 1 aromatic rings. The van der Waals surface area contributed by atoms with Gasteiger partial charge in [-0.25, -0.2) is 0 Å². The maximum atomic E-state index is 5.61. The van der Waals surface area contributed by atoms with E-state index in [2.05, 4.69) is 23.6 Å². The van der Waals surface area contributed by atoms with Crippen molar-refractivity contribution < 1.29 is 4.84 Å². The highest BCUT2D eigenvalue weighted by atomic mass is 16.7. The first-order chi connectivity index (χ1) is 7.79. The Balaban J connectivity index is 1.77. The van der Waals surface area contributed by atoms with Gasteiger partial charge in [-0.2, -0.15) is 10.6 Å². The van der Waals surface area contributed by atoms with Crippen LogP contribution in [-0.2, 0) is 24.9 Å². The molecule has 0 amide bonds. The first-order valence-electron chi connectivity index (χ1n) is 6.20. The van der Waals surface area contributed by atoms with Gasteiger partial charge >= 0.3 is 0 Å². The van der Waals surface area contributed by atoms with Crippen LogP contribution in [0.5, 0.6) is 0 Å². The molecule has 1 aliphatic rings. The van der Waals surface area contributed by atoms with Crippen LogP contribution in [0.25, 0.3) is 0 Å². The number of aryl methyl sites for hydroxylation is 2. The molecule has 0 aromatic carbocycles. The van der Waals surface area contributed by atoms with Gasteiger partial charge in [-0.1, -0.05) is 19.8 Å². The Morgan fingerprint density at radius 3 is 2.88 bits per heavy atom. The molecule has 0 bridgehead atoms. The molecule has 1 aromatic heterocycles. The molecule has 0 radical (unpaired) electrons. The summed E-state index contributed by atoms with van der Waals surface area (Å²) in [6, 6.07) is 2.13. The lowest BCUT2D eigenvalue weighted by molar-refractivity contribution is -0.0253. The second-order valence-corrected chi connectivity index (χ2v) is 4.45. The normalized spacial score (nSPS) is 17.1. The van der Waals surface area contributed by atoms with Gasteiger partial charge in [-0.15, -0.1) is 0 Å². The summed E-state index contributed by atoms with van der Waals surface area (Å²) in [5.74, 6) is 0. The molecule has 90 valence electrons. The molecule has 16 heavy (non-hydrogen) atoms. The van der Waals surface area contributed by atoms with Crippen molar-refractivity contribution >= 4 is 0 Å². The third-order valence-corrected chi connectivity index (χ3v) is 3.20. The zero-order valence-electron chi connectivity index (χ0n) is 10.2. The van der Waals surface area contributed by atoms with Crippen LogP contribution in [0.2, 0.25) is 0 Å². The molecular formula is C12H21N3O. The maximum absolute atomic E-state index is 5.61. The lowest BCUT2D eigenvalue weighted by atomic mass is 10.3. The summed E-state index contributed by atoms with van der Waals surface area (Å²) in [5, 5.41) is 4.40. The average molecular weight is 223 g/mol. The summed E-state index contributed by atoms with van der Waals surface area (Å²) in [6.07, 6.45) is 6.39. The van der Waals surface area contributed by atoms with E-state index in [1.165, 1.54) is 31.4 Å². The lowest BCUT2D eigenvalue weighted by Crippen LogP contribution is -2.22. The minimum absolute atomic E-state index is 0.416. The van der Waals surface area contributed by atoms with Crippen LogP contribution in [0, 0.1) is 0 Å². The number of nitrogens with zero attached hydrogens (tertiary/aromatic N) is 2. The van der Waals surface area contributed by atoms with Crippen molar-refractivity contribution in [1.82, 2.24) is 15.3 Å². The fraction of sp³-hybridized carbons (Fsp3) is 0.750. The van der Waals surface area contributed by atoms with Crippen molar-refractivity contribution in [2.24, 2.45) is 7.05 Å². The fourth-order valence-corrected chi connectivity index (χ4v) is 2.15. The van der Waals surface area contributed by atoms with Gasteiger partial charge in [0.1, 0.15) is 0 Å². The van der Waals surface area contributed by atoms with Gasteiger partial charge in [0, 0.05) is 7.05 Å². The highest BCUT2D eigenvalue weighted by Crippen LogP contribution is 2.19. The molecule has 1 heterocycles. The molecule has 0 aliphatic heterocycles. The van der Waals surface area contributed by atoms with Crippen molar-refractivity contribution in [2.45, 2.75) is 51.7 Å². The van der Waals surface area contributed by atoms with Crippen LogP contribution in [0.1, 0.15) is 44.0 Å². The predicted octanol–water partition coefficient (Wildman–Crippen LogP) is 1.95. The number of nitrogens with one attached hydrogen (secondary N) is 1. The third kappa shape index (κ3) is 2.83. The van der Waals surface area contributed by atoms with E-state index in [4.69, 9.17) is 4.84 Å². The molecule has 1 aliphatic carbocycles. The molecule has 0 atom stereocenters. The molecule has 0 saturated heterocycles. The first kappa shape index (κ1) is 11.6. The van der Waals surface area contributed by atoms with E-state index in [0.29, 0.717) is 6.10 Å². The summed E-state index contributed by atoms with van der Waals surface area (Å²) < 4.78 is 1.92. The number of aromatic nitrogens is 2. The summed E-state index contributed by atoms with van der Waals surface area (Å²) in [4.78, 5) is 5.61. The summed E-state index contributed by atoms with van der Waals surface area (Å²) in [7, 11) is 1.98. The molecule has 4 nitrogen and oxygen atoms in total. The number of rotatable bonds is 5. The zero-order valence-corrected chi connectivity index (χ0v) is 10.2. The molecule has 1 N–H and O–H groups in total.